The number of ketones is 1. The maximum atomic E-state index is 13.8. The van der Waals surface area contributed by atoms with E-state index in [9.17, 15) is 76.7 Å². The maximum absolute atomic E-state index is 13.8. The van der Waals surface area contributed by atoms with E-state index in [1.165, 1.54) is 38.3 Å². The summed E-state index contributed by atoms with van der Waals surface area (Å²) in [6.45, 7) is 24.9. The second kappa shape index (κ2) is 55.0. The van der Waals surface area contributed by atoms with Gasteiger partial charge in [0.05, 0.1) is 43.6 Å². The number of thioether (sulfide) groups is 1. The number of likely N-dealkylation sites (N-methyl/N-ethyl adjacent to an activating group) is 2. The Morgan fingerprint density at radius 1 is 0.476 bits per heavy atom. The van der Waals surface area contributed by atoms with Crippen LogP contribution in [0.1, 0.15) is 178 Å². The molecule has 13 atom stereocenters. The van der Waals surface area contributed by atoms with Crippen LogP contribution in [-0.2, 0) is 89.6 Å². The molecule has 3 heterocycles. The number of rotatable bonds is 54. The number of aromatic amines is 3. The minimum absolute atomic E-state index is 0.0278. The number of H-pyrrole nitrogens is 3. The van der Waals surface area contributed by atoms with E-state index in [1.54, 1.807) is 72.1 Å². The summed E-state index contributed by atoms with van der Waals surface area (Å²) >= 11 is 1.48. The Balaban J connectivity index is 0.000000636. The summed E-state index contributed by atoms with van der Waals surface area (Å²) in [4.78, 5) is 221. The van der Waals surface area contributed by atoms with Gasteiger partial charge in [0.25, 0.3) is 0 Å². The van der Waals surface area contributed by atoms with Gasteiger partial charge in [0.2, 0.25) is 88.6 Å². The molecule has 0 aliphatic heterocycles. The molecule has 25 N–H and O–H groups in total. The number of benzene rings is 2. The third-order valence-corrected chi connectivity index (χ3v) is 20.6. The zero-order chi connectivity index (χ0) is 93.2. The summed E-state index contributed by atoms with van der Waals surface area (Å²) < 4.78 is 0. The van der Waals surface area contributed by atoms with Crippen molar-refractivity contribution in [1.82, 2.24) is 94.4 Å². The molecule has 15 amide bonds. The first-order valence-corrected chi connectivity index (χ1v) is 43.6. The number of carbonyl (C=O) groups excluding carboxylic acids is 16. The fraction of sp³-hybridized carbons (Fsp3) is 0.588. The van der Waals surface area contributed by atoms with Gasteiger partial charge >= 0.3 is 0 Å². The Morgan fingerprint density at radius 2 is 0.976 bits per heavy atom. The van der Waals surface area contributed by atoms with Gasteiger partial charge in [0, 0.05) is 90.8 Å². The summed E-state index contributed by atoms with van der Waals surface area (Å²) in [6.07, 6.45) is 8.08. The van der Waals surface area contributed by atoms with Crippen molar-refractivity contribution >= 4 is 128 Å². The predicted molar refractivity (Wildman–Crippen MR) is 475 cm³/mol. The molecular formula is C85H136N22O16S. The Labute approximate surface area is 730 Å². The van der Waals surface area contributed by atoms with Crippen LogP contribution in [-0.4, -0.2) is 227 Å². The number of aromatic nitrogens is 4. The van der Waals surface area contributed by atoms with Gasteiger partial charge in [0.15, 0.2) is 5.78 Å². The zero-order valence-electron chi connectivity index (χ0n) is 74.6. The molecule has 39 heteroatoms. The first-order chi connectivity index (χ1) is 58.6. The standard InChI is InChI=1S/C43H65N13O9S.C40H65N9O7.C2H6/c1-22(2)16-31(40(62)53-28(37(45)59)14-15-66-7)54-41(63)32(18-26-19-47-21-49-26)52-34(58)20-48-42(64)35(23(3)4)55-38(60)24(5)50-43(65)36(30-17-25-10-8-9-11-27(25)51-30)56-39(61)29(46-6)12-13-33(44)57;1-22(2)15-27(20-45-32(37(42)53)16-23(3)4)47-35(52)21-46-40(56)36(24(5)6)49-38(54)25(7)17-33(50)31(48-39(55)30(43-8)13-14-34(41)51)18-26-19-44-29-12-10-9-11-28(26)29;1-2/h8-11,17,19,21-24,28-29,31-32,35-36,46,51H,12-16,18,20H2,1-7H3,(H2,44,57)(H2,45,59)(H,47,49)(H,48,64)(H,50,65)(H,52,58)(H,53,62)(H,54,63)(H,55,60)(H,56,61);9-12,19,22-25,27,30-32,36,43-45H,13-18,20-21H2,1-8H3,(H2,41,51)(H2,42,53)(H,46,56)(H,47,52)(H,48,55)(H,49,54);1-2H3. The van der Waals surface area contributed by atoms with Gasteiger partial charge in [-0.05, 0) is 130 Å². The van der Waals surface area contributed by atoms with Crippen molar-refractivity contribution in [1.29, 1.82) is 0 Å². The van der Waals surface area contributed by atoms with Crippen LogP contribution in [0.2, 0.25) is 0 Å². The number of carbonyl (C=O) groups is 16. The smallest absolute Gasteiger partial charge is 0.249 e. The van der Waals surface area contributed by atoms with E-state index in [-0.39, 0.29) is 87.6 Å². The highest BCUT2D eigenvalue weighted by Gasteiger charge is 2.37. The first kappa shape index (κ1) is 107. The predicted octanol–water partition coefficient (Wildman–Crippen LogP) is 0.593. The molecule has 5 aromatic rings. The number of Topliss-reactive ketones (excluding diaryl/α,β-unsaturated/α-hetero) is 1. The van der Waals surface area contributed by atoms with Gasteiger partial charge in [-0.25, -0.2) is 4.98 Å². The molecule has 124 heavy (non-hydrogen) atoms. The number of nitrogens with one attached hydrogen (secondary N) is 17. The highest BCUT2D eigenvalue weighted by Crippen LogP contribution is 2.24. The molecular weight excluding hydrogens is 1620 g/mol. The van der Waals surface area contributed by atoms with Crippen LogP contribution < -0.4 is 97.4 Å². The first-order valence-electron chi connectivity index (χ1n) is 42.2. The second-order valence-electron chi connectivity index (χ2n) is 32.5. The summed E-state index contributed by atoms with van der Waals surface area (Å²) in [5.41, 5.74) is 24.8. The van der Waals surface area contributed by atoms with Crippen LogP contribution in [0.5, 0.6) is 0 Å². The lowest BCUT2D eigenvalue weighted by Crippen LogP contribution is -2.58. The van der Waals surface area contributed by atoms with Crippen molar-refractivity contribution in [2.24, 2.45) is 58.4 Å². The van der Waals surface area contributed by atoms with Gasteiger partial charge < -0.3 is 112 Å². The topological polar surface area (TPSA) is 606 Å². The van der Waals surface area contributed by atoms with E-state index in [4.69, 9.17) is 22.9 Å². The SMILES string of the molecule is CC.CNC(CCC(N)=O)C(=O)NC(C(=O)NC(C)C(=O)NC(C(=O)NCC(=O)NC(Cc1cnc[nH]1)C(=O)NC(CC(C)C)C(=O)NC(CCSC)C(N)=O)C(C)C)c1cc2ccccc2[nH]1.CNC(CCC(N)=O)C(=O)NC(Cc1c[nH]c2ccccc12)C(=O)CC(C)C(=O)NC(C(=O)NCC(=O)NC(CNC(CC(C)C)C(N)=O)CC(C)C)C(C)C. The van der Waals surface area contributed by atoms with E-state index in [0.717, 1.165) is 21.9 Å². The molecule has 0 saturated carbocycles. The minimum atomic E-state index is -1.31. The average molecular weight is 1750 g/mol. The molecule has 0 radical (unpaired) electrons. The van der Waals surface area contributed by atoms with Crippen molar-refractivity contribution in [2.75, 3.05) is 45.7 Å². The molecule has 2 aromatic carbocycles. The number of nitrogens with two attached hydrogens (primary N) is 4. The summed E-state index contributed by atoms with van der Waals surface area (Å²) in [5, 5.41) is 39.9. The molecule has 688 valence electrons. The van der Waals surface area contributed by atoms with Crippen LogP contribution in [0.4, 0.5) is 0 Å². The number of nitrogens with zero attached hydrogens (tertiary/aromatic N) is 1. The summed E-state index contributed by atoms with van der Waals surface area (Å²) in [5.74, 6) is -10.5. The molecule has 0 bridgehead atoms. The molecule has 5 rings (SSSR count). The van der Waals surface area contributed by atoms with Crippen LogP contribution >= 0.6 is 11.8 Å². The lowest BCUT2D eigenvalue weighted by Gasteiger charge is -2.26. The number of hydrogen-bond donors (Lipinski definition) is 21. The fourth-order valence-electron chi connectivity index (χ4n) is 13.2. The monoisotopic (exact) mass is 1750 g/mol. The Morgan fingerprint density at radius 3 is 1.49 bits per heavy atom. The lowest BCUT2D eigenvalue weighted by molar-refractivity contribution is -0.135. The summed E-state index contributed by atoms with van der Waals surface area (Å²) in [7, 11) is 3.09. The normalized spacial score (nSPS) is 14.4. The highest BCUT2D eigenvalue weighted by atomic mass is 32.2. The molecule has 3 aromatic heterocycles. The number of hydrogen-bond acceptors (Lipinski definition) is 21. The third kappa shape index (κ3) is 37.8. The fourth-order valence-corrected chi connectivity index (χ4v) is 13.7. The van der Waals surface area contributed by atoms with E-state index in [0.29, 0.717) is 48.5 Å². The quantitative estimate of drug-likeness (QED) is 0.0253. The Bertz CT molecular complexity index is 4290. The van der Waals surface area contributed by atoms with E-state index in [1.807, 2.05) is 92.0 Å². The van der Waals surface area contributed by atoms with E-state index in [2.05, 4.69) is 94.4 Å². The number of fused-ring (bicyclic) bond motifs is 2. The van der Waals surface area contributed by atoms with Gasteiger partial charge in [-0.3, -0.25) is 76.7 Å². The largest absolute Gasteiger partial charge is 0.370 e. The van der Waals surface area contributed by atoms with Crippen LogP contribution in [0.3, 0.4) is 0 Å². The number of para-hydroxylation sites is 2. The van der Waals surface area contributed by atoms with Gasteiger partial charge in [-0.15, -0.1) is 0 Å². The summed E-state index contributed by atoms with van der Waals surface area (Å²) in [6, 6.07) is 4.90. The van der Waals surface area contributed by atoms with Crippen LogP contribution in [0.15, 0.2) is 73.3 Å². The third-order valence-electron chi connectivity index (χ3n) is 20.0. The zero-order valence-corrected chi connectivity index (χ0v) is 75.4. The number of imidazole rings is 1. The van der Waals surface area contributed by atoms with Crippen molar-refractivity contribution in [3.05, 3.63) is 90.3 Å². The highest BCUT2D eigenvalue weighted by molar-refractivity contribution is 7.98. The van der Waals surface area contributed by atoms with E-state index < -0.39 is 179 Å². The molecule has 38 nitrogen and oxygen atoms in total. The molecule has 0 aliphatic rings. The van der Waals surface area contributed by atoms with Crippen molar-refractivity contribution in [3.8, 4) is 0 Å². The number of amides is 15. The van der Waals surface area contributed by atoms with Crippen LogP contribution in [0.25, 0.3) is 21.8 Å². The Kier molecular flexibility index (Phi) is 47.4. The maximum Gasteiger partial charge on any atom is 0.249 e. The molecule has 0 aliphatic carbocycles. The van der Waals surface area contributed by atoms with Gasteiger partial charge in [-0.1, -0.05) is 126 Å². The van der Waals surface area contributed by atoms with Gasteiger partial charge in [-0.2, -0.15) is 11.8 Å². The molecule has 0 fully saturated rings. The lowest BCUT2D eigenvalue weighted by atomic mass is 9.93. The minimum Gasteiger partial charge on any atom is -0.370 e. The molecule has 0 saturated heterocycles. The van der Waals surface area contributed by atoms with Crippen molar-refractivity contribution in [2.45, 2.75) is 240 Å². The van der Waals surface area contributed by atoms with Crippen LogP contribution in [0, 0.1) is 35.5 Å². The van der Waals surface area contributed by atoms with E-state index >= 15 is 0 Å². The molecule has 0 spiro atoms. The number of primary amides is 4. The van der Waals surface area contributed by atoms with Crippen molar-refractivity contribution < 1.29 is 76.7 Å². The second-order valence-corrected chi connectivity index (χ2v) is 33.5. The average Bonchev–Trinajstić information content (AvgIpc) is 1.67. The molecule has 13 unspecified atom stereocenters. The Hall–Kier alpha value is -11.3. The van der Waals surface area contributed by atoms with Gasteiger partial charge in [0.1, 0.15) is 42.3 Å². The van der Waals surface area contributed by atoms with Crippen molar-refractivity contribution in [3.63, 3.8) is 0 Å².